The predicted octanol–water partition coefficient (Wildman–Crippen LogP) is 5.07. The molecule has 1 atom stereocenters. The number of ether oxygens (including phenoxy) is 2. The fourth-order valence-electron chi connectivity index (χ4n) is 3.22. The van der Waals surface area contributed by atoms with E-state index in [1.54, 1.807) is 7.11 Å². The predicted molar refractivity (Wildman–Crippen MR) is 115 cm³/mol. The van der Waals surface area contributed by atoms with E-state index in [2.05, 4.69) is 24.4 Å². The molecule has 150 valence electrons. The summed E-state index contributed by atoms with van der Waals surface area (Å²) < 4.78 is 10.8. The van der Waals surface area contributed by atoms with E-state index in [1.807, 2.05) is 66.7 Å². The third-order valence-electron chi connectivity index (χ3n) is 4.81. The average Bonchev–Trinajstić information content (AvgIpc) is 2.77. The van der Waals surface area contributed by atoms with Gasteiger partial charge >= 0.3 is 0 Å². The van der Waals surface area contributed by atoms with E-state index >= 15 is 0 Å². The molecule has 3 aromatic rings. The van der Waals surface area contributed by atoms with E-state index in [9.17, 15) is 4.79 Å². The molecule has 1 N–H and O–H groups in total. The number of hydrogen-bond acceptors (Lipinski definition) is 3. The van der Waals surface area contributed by atoms with Crippen LogP contribution in [0.25, 0.3) is 0 Å². The number of methoxy groups -OCH3 is 1. The van der Waals surface area contributed by atoms with Crippen molar-refractivity contribution in [1.82, 2.24) is 5.32 Å². The van der Waals surface area contributed by atoms with Crippen LogP contribution in [0.1, 0.15) is 35.6 Å². The van der Waals surface area contributed by atoms with Crippen molar-refractivity contribution >= 4 is 5.91 Å². The molecule has 4 nitrogen and oxygen atoms in total. The molecular formula is C25H27NO3. The lowest BCUT2D eigenvalue weighted by molar-refractivity contribution is -0.121. The standard InChI is InChI=1S/C25H27NO3/c1-19-9-6-7-12-23(19)25(20-10-4-3-5-11-20)26-24(27)13-8-18-29-22-16-14-21(28-2)15-17-22/h3-7,9-12,14-17,25H,8,13,18H2,1-2H3,(H,26,27)/t25-/m0/s1. The van der Waals surface area contributed by atoms with Gasteiger partial charge in [-0.1, -0.05) is 54.6 Å². The SMILES string of the molecule is COc1ccc(OCCCC(=O)N[C@@H](c2ccccc2)c2ccccc2C)cc1. The zero-order chi connectivity index (χ0) is 20.5. The van der Waals surface area contributed by atoms with Crippen molar-refractivity contribution in [2.45, 2.75) is 25.8 Å². The molecule has 29 heavy (non-hydrogen) atoms. The first kappa shape index (κ1) is 20.5. The molecule has 0 heterocycles. The Morgan fingerprint density at radius 3 is 2.24 bits per heavy atom. The second-order valence-electron chi connectivity index (χ2n) is 6.90. The van der Waals surface area contributed by atoms with Crippen molar-refractivity contribution in [1.29, 1.82) is 0 Å². The van der Waals surface area contributed by atoms with Crippen molar-refractivity contribution in [2.24, 2.45) is 0 Å². The van der Waals surface area contributed by atoms with Gasteiger partial charge in [-0.25, -0.2) is 0 Å². The van der Waals surface area contributed by atoms with Crippen LogP contribution in [0.15, 0.2) is 78.9 Å². The van der Waals surface area contributed by atoms with Gasteiger partial charge in [0, 0.05) is 6.42 Å². The second kappa shape index (κ2) is 10.3. The molecule has 0 spiro atoms. The lowest BCUT2D eigenvalue weighted by Gasteiger charge is -2.21. The van der Waals surface area contributed by atoms with Crippen LogP contribution in [0.4, 0.5) is 0 Å². The number of amides is 1. The van der Waals surface area contributed by atoms with Gasteiger partial charge < -0.3 is 14.8 Å². The van der Waals surface area contributed by atoms with Crippen LogP contribution in [0, 0.1) is 6.92 Å². The highest BCUT2D eigenvalue weighted by Gasteiger charge is 2.18. The Balaban J connectivity index is 1.56. The highest BCUT2D eigenvalue weighted by Crippen LogP contribution is 2.25. The summed E-state index contributed by atoms with van der Waals surface area (Å²) in [6.45, 7) is 2.56. The molecule has 0 bridgehead atoms. The van der Waals surface area contributed by atoms with Gasteiger partial charge in [-0.15, -0.1) is 0 Å². The molecule has 3 rings (SSSR count). The quantitative estimate of drug-likeness (QED) is 0.520. The minimum atomic E-state index is -0.160. The molecule has 1 amide bonds. The highest BCUT2D eigenvalue weighted by molar-refractivity contribution is 5.77. The number of aryl methyl sites for hydroxylation is 1. The number of carbonyl (C=O) groups excluding carboxylic acids is 1. The molecule has 0 aliphatic carbocycles. The summed E-state index contributed by atoms with van der Waals surface area (Å²) in [5.74, 6) is 1.58. The number of nitrogens with one attached hydrogen (secondary N) is 1. The van der Waals surface area contributed by atoms with Gasteiger partial charge in [0.15, 0.2) is 0 Å². The first-order valence-electron chi connectivity index (χ1n) is 9.84. The van der Waals surface area contributed by atoms with Gasteiger partial charge in [0.25, 0.3) is 0 Å². The molecule has 4 heteroatoms. The van der Waals surface area contributed by atoms with Gasteiger partial charge in [0.2, 0.25) is 5.91 Å². The number of carbonyl (C=O) groups is 1. The molecule has 3 aromatic carbocycles. The molecule has 0 saturated heterocycles. The van der Waals surface area contributed by atoms with E-state index < -0.39 is 0 Å². The molecule has 0 aliphatic heterocycles. The normalized spacial score (nSPS) is 11.5. The summed E-state index contributed by atoms with van der Waals surface area (Å²) >= 11 is 0. The fourth-order valence-corrected chi connectivity index (χ4v) is 3.22. The van der Waals surface area contributed by atoms with Crippen LogP contribution >= 0.6 is 0 Å². The van der Waals surface area contributed by atoms with Crippen molar-refractivity contribution in [3.8, 4) is 11.5 Å². The monoisotopic (exact) mass is 389 g/mol. The fraction of sp³-hybridized carbons (Fsp3) is 0.240. The molecule has 0 aromatic heterocycles. The second-order valence-corrected chi connectivity index (χ2v) is 6.90. The van der Waals surface area contributed by atoms with Crippen LogP contribution in [-0.4, -0.2) is 19.6 Å². The van der Waals surface area contributed by atoms with E-state index in [0.29, 0.717) is 19.4 Å². The Kier molecular flexibility index (Phi) is 7.28. The van der Waals surface area contributed by atoms with E-state index in [1.165, 1.54) is 0 Å². The molecule has 0 unspecified atom stereocenters. The van der Waals surface area contributed by atoms with Gasteiger partial charge in [-0.05, 0) is 54.3 Å². The summed E-state index contributed by atoms with van der Waals surface area (Å²) in [4.78, 5) is 12.6. The van der Waals surface area contributed by atoms with Crippen LogP contribution in [-0.2, 0) is 4.79 Å². The third-order valence-corrected chi connectivity index (χ3v) is 4.81. The van der Waals surface area contributed by atoms with E-state index in [-0.39, 0.29) is 11.9 Å². The van der Waals surface area contributed by atoms with E-state index in [0.717, 1.165) is 28.2 Å². The Bertz CT molecular complexity index is 907. The van der Waals surface area contributed by atoms with Crippen LogP contribution in [0.5, 0.6) is 11.5 Å². The summed E-state index contributed by atoms with van der Waals surface area (Å²) in [5.41, 5.74) is 3.34. The first-order chi connectivity index (χ1) is 14.2. The van der Waals surface area contributed by atoms with Crippen molar-refractivity contribution < 1.29 is 14.3 Å². The topological polar surface area (TPSA) is 47.6 Å². The van der Waals surface area contributed by atoms with Crippen molar-refractivity contribution in [3.63, 3.8) is 0 Å². The summed E-state index contributed by atoms with van der Waals surface area (Å²) in [7, 11) is 1.63. The Morgan fingerprint density at radius 2 is 1.55 bits per heavy atom. The first-order valence-corrected chi connectivity index (χ1v) is 9.84. The lowest BCUT2D eigenvalue weighted by atomic mass is 9.95. The maximum atomic E-state index is 12.6. The molecule has 0 saturated carbocycles. The minimum absolute atomic E-state index is 0.0143. The molecule has 0 fully saturated rings. The minimum Gasteiger partial charge on any atom is -0.497 e. The average molecular weight is 389 g/mol. The van der Waals surface area contributed by atoms with Gasteiger partial charge in [-0.2, -0.15) is 0 Å². The lowest BCUT2D eigenvalue weighted by Crippen LogP contribution is -2.29. The molecule has 0 aliphatic rings. The smallest absolute Gasteiger partial charge is 0.220 e. The van der Waals surface area contributed by atoms with Gasteiger partial charge in [0.1, 0.15) is 11.5 Å². The Hall–Kier alpha value is -3.27. The van der Waals surface area contributed by atoms with Crippen LogP contribution in [0.3, 0.4) is 0 Å². The number of benzene rings is 3. The van der Waals surface area contributed by atoms with E-state index in [4.69, 9.17) is 9.47 Å². The summed E-state index contributed by atoms with van der Waals surface area (Å²) in [6, 6.07) is 25.5. The van der Waals surface area contributed by atoms with Crippen molar-refractivity contribution in [2.75, 3.05) is 13.7 Å². The molecule has 0 radical (unpaired) electrons. The maximum absolute atomic E-state index is 12.6. The third kappa shape index (κ3) is 5.85. The van der Waals surface area contributed by atoms with Gasteiger partial charge in [0.05, 0.1) is 19.8 Å². The van der Waals surface area contributed by atoms with Crippen LogP contribution in [0.2, 0.25) is 0 Å². The molecular weight excluding hydrogens is 362 g/mol. The van der Waals surface area contributed by atoms with Gasteiger partial charge in [-0.3, -0.25) is 4.79 Å². The Morgan fingerprint density at radius 1 is 0.897 bits per heavy atom. The summed E-state index contributed by atoms with van der Waals surface area (Å²) in [5, 5.41) is 3.19. The number of rotatable bonds is 9. The zero-order valence-electron chi connectivity index (χ0n) is 16.9. The zero-order valence-corrected chi connectivity index (χ0v) is 16.9. The van der Waals surface area contributed by atoms with Crippen molar-refractivity contribution in [3.05, 3.63) is 95.6 Å². The maximum Gasteiger partial charge on any atom is 0.220 e. The summed E-state index contributed by atoms with van der Waals surface area (Å²) in [6.07, 6.45) is 1.05. The largest absolute Gasteiger partial charge is 0.497 e. The highest BCUT2D eigenvalue weighted by atomic mass is 16.5. The number of hydrogen-bond donors (Lipinski definition) is 1. The Labute approximate surface area is 172 Å². The van der Waals surface area contributed by atoms with Crippen LogP contribution < -0.4 is 14.8 Å².